The molecule has 0 aliphatic carbocycles. The fourth-order valence-corrected chi connectivity index (χ4v) is 1.91. The fourth-order valence-electron chi connectivity index (χ4n) is 1.40. The zero-order chi connectivity index (χ0) is 10.1. The van der Waals surface area contributed by atoms with Crippen molar-refractivity contribution in [2.45, 2.75) is 39.0 Å². The van der Waals surface area contributed by atoms with Gasteiger partial charge in [-0.3, -0.25) is 0 Å². The van der Waals surface area contributed by atoms with Crippen molar-refractivity contribution >= 4 is 33.2 Å². The van der Waals surface area contributed by atoms with Crippen LogP contribution in [0.25, 0.3) is 0 Å². The maximum absolute atomic E-state index is 11.4. The molecule has 0 aliphatic rings. The molecule has 0 aromatic rings. The summed E-state index contributed by atoms with van der Waals surface area (Å²) in [6.45, 7) is 2.86. The lowest BCUT2D eigenvalue weighted by Gasteiger charge is -2.12. The van der Waals surface area contributed by atoms with Crippen LogP contribution < -0.4 is 5.73 Å². The minimum Gasteiger partial charge on any atom is -0.330 e. The Bertz CT molecular complexity index is 144. The lowest BCUT2D eigenvalue weighted by molar-refractivity contribution is -0.115. The summed E-state index contributed by atoms with van der Waals surface area (Å²) in [6, 6.07) is 0. The van der Waals surface area contributed by atoms with E-state index in [1.165, 1.54) is 0 Å². The highest BCUT2D eigenvalue weighted by atomic mass is 127. The van der Waals surface area contributed by atoms with Crippen molar-refractivity contribution in [2.24, 2.45) is 11.7 Å². The van der Waals surface area contributed by atoms with Crippen molar-refractivity contribution in [3.05, 3.63) is 0 Å². The summed E-state index contributed by atoms with van der Waals surface area (Å²) in [6.07, 6.45) is 5.22. The predicted octanol–water partition coefficient (Wildman–Crippen LogP) is 2.11. The van der Waals surface area contributed by atoms with Gasteiger partial charge in [0.15, 0.2) is 0 Å². The lowest BCUT2D eigenvalue weighted by atomic mass is 9.83. The first-order valence-corrected chi connectivity index (χ1v) is 6.18. The van der Waals surface area contributed by atoms with Crippen LogP contribution in [0.15, 0.2) is 0 Å². The topological polar surface area (TPSA) is 43.1 Å². The third-order valence-electron chi connectivity index (χ3n) is 2.15. The molecule has 0 bridgehead atoms. The van der Waals surface area contributed by atoms with Gasteiger partial charge in [0.25, 0.3) is 5.14 Å². The van der Waals surface area contributed by atoms with E-state index in [9.17, 15) is 4.79 Å². The Morgan fingerprint density at radius 2 is 2.15 bits per heavy atom. The van der Waals surface area contributed by atoms with Gasteiger partial charge in [0.2, 0.25) is 0 Å². The number of unbranched alkanes of at least 4 members (excludes halogenated alkanes) is 1. The highest BCUT2D eigenvalue weighted by molar-refractivity contribution is 14.1. The fraction of sp³-hybridized carbons (Fsp3) is 0.889. The first-order chi connectivity index (χ1) is 6.26. The molecular weight excluding hydrogens is 276 g/mol. The van der Waals surface area contributed by atoms with Gasteiger partial charge in [-0.05, 0) is 25.8 Å². The van der Waals surface area contributed by atoms with Gasteiger partial charge in [0, 0.05) is 5.92 Å². The van der Waals surface area contributed by atoms with Gasteiger partial charge in [0.1, 0.15) is 5.68 Å². The maximum atomic E-state index is 11.4. The molecule has 0 spiro atoms. The van der Waals surface area contributed by atoms with E-state index in [0.29, 0.717) is 5.68 Å². The van der Waals surface area contributed by atoms with Crippen LogP contribution in [0, 0.1) is 5.92 Å². The standard InChI is InChI=1S/C9H18BINO/c1-2-5-8(9(13)10-11)6-3-4-7-12/h8H,2-7,12H2,1H3/t8-/m0/s1. The second kappa shape index (κ2) is 9.00. The molecule has 1 radical (unpaired) electrons. The van der Waals surface area contributed by atoms with Crippen LogP contribution >= 0.6 is 22.4 Å². The van der Waals surface area contributed by atoms with Gasteiger partial charge < -0.3 is 10.5 Å². The van der Waals surface area contributed by atoms with Gasteiger partial charge >= 0.3 is 0 Å². The number of hydrogen-bond donors (Lipinski definition) is 1. The molecule has 0 saturated carbocycles. The smallest absolute Gasteiger partial charge is 0.287 e. The molecule has 2 nitrogen and oxygen atoms in total. The average molecular weight is 294 g/mol. The molecule has 13 heavy (non-hydrogen) atoms. The van der Waals surface area contributed by atoms with E-state index < -0.39 is 0 Å². The number of carbonyl (C=O) groups excluding carboxylic acids is 1. The normalized spacial score (nSPS) is 12.5. The summed E-state index contributed by atoms with van der Waals surface area (Å²) in [5.41, 5.74) is 5.69. The van der Waals surface area contributed by atoms with E-state index in [-0.39, 0.29) is 5.92 Å². The van der Waals surface area contributed by atoms with Gasteiger partial charge in [0.05, 0.1) is 0 Å². The Morgan fingerprint density at radius 1 is 1.46 bits per heavy atom. The summed E-state index contributed by atoms with van der Waals surface area (Å²) in [5.74, 6) is 0.244. The first kappa shape index (κ1) is 13.4. The van der Waals surface area contributed by atoms with E-state index in [1.54, 1.807) is 5.14 Å². The van der Waals surface area contributed by atoms with Crippen LogP contribution in [0.2, 0.25) is 0 Å². The molecule has 0 fully saturated rings. The molecule has 4 heteroatoms. The molecular formula is C9H18BINO. The number of halogens is 1. The van der Waals surface area contributed by atoms with E-state index >= 15 is 0 Å². The largest absolute Gasteiger partial charge is 0.330 e. The third kappa shape index (κ3) is 6.49. The Hall–Kier alpha value is 0.425. The maximum Gasteiger partial charge on any atom is 0.287 e. The number of nitrogens with two attached hydrogens (primary N) is 1. The van der Waals surface area contributed by atoms with Crippen LogP contribution in [0.3, 0.4) is 0 Å². The summed E-state index contributed by atoms with van der Waals surface area (Å²) >= 11 is 2.03. The SMILES string of the molecule is CCC[C@@H](CCCCN)C(=O)[B]I. The highest BCUT2D eigenvalue weighted by Crippen LogP contribution is 2.16. The third-order valence-corrected chi connectivity index (χ3v) is 2.77. The molecule has 0 aromatic carbocycles. The average Bonchev–Trinajstić information content (AvgIpc) is 2.16. The molecule has 75 valence electrons. The van der Waals surface area contributed by atoms with E-state index in [0.717, 1.165) is 38.6 Å². The molecule has 0 aliphatic heterocycles. The van der Waals surface area contributed by atoms with E-state index in [1.807, 2.05) is 22.4 Å². The molecule has 0 unspecified atom stereocenters. The highest BCUT2D eigenvalue weighted by Gasteiger charge is 2.15. The van der Waals surface area contributed by atoms with Crippen molar-refractivity contribution in [2.75, 3.05) is 6.54 Å². The Balaban J connectivity index is 3.73. The van der Waals surface area contributed by atoms with Gasteiger partial charge in [-0.25, -0.2) is 0 Å². The van der Waals surface area contributed by atoms with Crippen molar-refractivity contribution in [3.63, 3.8) is 0 Å². The van der Waals surface area contributed by atoms with Crippen molar-refractivity contribution in [1.29, 1.82) is 0 Å². The van der Waals surface area contributed by atoms with E-state index in [4.69, 9.17) is 5.73 Å². The Kier molecular flexibility index (Phi) is 9.29. The first-order valence-electron chi connectivity index (χ1n) is 4.93. The summed E-state index contributed by atoms with van der Waals surface area (Å²) < 4.78 is 0. The van der Waals surface area contributed by atoms with Gasteiger partial charge in [-0.15, -0.1) is 22.4 Å². The lowest BCUT2D eigenvalue weighted by Crippen LogP contribution is -2.18. The van der Waals surface area contributed by atoms with Crippen LogP contribution in [0.4, 0.5) is 0 Å². The quantitative estimate of drug-likeness (QED) is 0.423. The minimum atomic E-state index is 0.244. The van der Waals surface area contributed by atoms with Crippen molar-refractivity contribution in [1.82, 2.24) is 0 Å². The predicted molar refractivity (Wildman–Crippen MR) is 66.1 cm³/mol. The summed E-state index contributed by atoms with van der Waals surface area (Å²) in [7, 11) is 0. The molecule has 0 heterocycles. The van der Waals surface area contributed by atoms with Gasteiger partial charge in [-0.1, -0.05) is 19.8 Å². The van der Waals surface area contributed by atoms with Crippen molar-refractivity contribution < 1.29 is 4.79 Å². The van der Waals surface area contributed by atoms with Crippen molar-refractivity contribution in [3.8, 4) is 0 Å². The number of hydrogen-bond acceptors (Lipinski definition) is 2. The van der Waals surface area contributed by atoms with E-state index in [2.05, 4.69) is 6.92 Å². The van der Waals surface area contributed by atoms with Crippen LogP contribution in [-0.2, 0) is 4.79 Å². The number of rotatable bonds is 8. The molecule has 0 aromatic heterocycles. The molecule has 0 rings (SSSR count). The summed E-state index contributed by atoms with van der Waals surface area (Å²) in [5, 5.41) is 1.67. The summed E-state index contributed by atoms with van der Waals surface area (Å²) in [4.78, 5) is 11.4. The Labute approximate surface area is 95.1 Å². The molecule has 0 amide bonds. The molecule has 2 N–H and O–H groups in total. The van der Waals surface area contributed by atoms with Crippen LogP contribution in [0.1, 0.15) is 39.0 Å². The number of carbonyl (C=O) groups is 1. The second-order valence-corrected chi connectivity index (χ2v) is 3.90. The monoisotopic (exact) mass is 294 g/mol. The molecule has 0 saturated heterocycles. The van der Waals surface area contributed by atoms with Crippen LogP contribution in [0.5, 0.6) is 0 Å². The zero-order valence-corrected chi connectivity index (χ0v) is 10.4. The minimum absolute atomic E-state index is 0.244. The van der Waals surface area contributed by atoms with Gasteiger partial charge in [-0.2, -0.15) is 0 Å². The second-order valence-electron chi connectivity index (χ2n) is 3.28. The Morgan fingerprint density at radius 3 is 2.62 bits per heavy atom. The van der Waals surface area contributed by atoms with Crippen LogP contribution in [-0.4, -0.2) is 17.4 Å². The zero-order valence-electron chi connectivity index (χ0n) is 8.26. The molecule has 1 atom stereocenters.